The minimum atomic E-state index is -0.406. The zero-order valence-corrected chi connectivity index (χ0v) is 8.20. The fraction of sp³-hybridized carbons (Fsp3) is 0.455. The molecule has 0 heterocycles. The molecule has 72 valence electrons. The molecule has 2 nitrogen and oxygen atoms in total. The summed E-state index contributed by atoms with van der Waals surface area (Å²) in [4.78, 5) is 0. The maximum atomic E-state index is 9.92. The lowest BCUT2D eigenvalue weighted by Gasteiger charge is -2.21. The van der Waals surface area contributed by atoms with Crippen LogP contribution in [0.5, 0.6) is 0 Å². The van der Waals surface area contributed by atoms with Crippen LogP contribution in [0.4, 0.5) is 0 Å². The molecule has 2 N–H and O–H groups in total. The lowest BCUT2D eigenvalue weighted by Crippen LogP contribution is -2.31. The van der Waals surface area contributed by atoms with E-state index in [9.17, 15) is 5.11 Å². The van der Waals surface area contributed by atoms with Crippen LogP contribution in [-0.4, -0.2) is 18.2 Å². The molecule has 0 radical (unpaired) electrons. The number of rotatable bonds is 4. The Balaban J connectivity index is 2.72. The summed E-state index contributed by atoms with van der Waals surface area (Å²) >= 11 is 0. The van der Waals surface area contributed by atoms with Crippen molar-refractivity contribution >= 4 is 0 Å². The third kappa shape index (κ3) is 2.54. The van der Waals surface area contributed by atoms with E-state index in [2.05, 4.69) is 12.2 Å². The third-order valence-corrected chi connectivity index (χ3v) is 2.33. The van der Waals surface area contributed by atoms with Gasteiger partial charge in [0.15, 0.2) is 0 Å². The number of hydrogen-bond acceptors (Lipinski definition) is 2. The van der Waals surface area contributed by atoms with Gasteiger partial charge < -0.3 is 10.4 Å². The summed E-state index contributed by atoms with van der Waals surface area (Å²) in [5.74, 6) is 0. The quantitative estimate of drug-likeness (QED) is 0.737. The predicted octanol–water partition coefficient (Wildman–Crippen LogP) is 1.72. The first kappa shape index (κ1) is 10.2. The maximum Gasteiger partial charge on any atom is 0.0942 e. The van der Waals surface area contributed by atoms with E-state index in [0.29, 0.717) is 0 Å². The molecule has 0 bridgehead atoms. The van der Waals surface area contributed by atoms with Crippen molar-refractivity contribution in [3.63, 3.8) is 0 Å². The first-order valence-corrected chi connectivity index (χ1v) is 4.69. The topological polar surface area (TPSA) is 32.3 Å². The number of aliphatic hydroxyl groups excluding tert-OH is 1. The molecule has 0 amide bonds. The van der Waals surface area contributed by atoms with Gasteiger partial charge in [0, 0.05) is 6.04 Å². The summed E-state index contributed by atoms with van der Waals surface area (Å²) in [6, 6.07) is 9.88. The highest BCUT2D eigenvalue weighted by Crippen LogP contribution is 2.17. The third-order valence-electron chi connectivity index (χ3n) is 2.33. The van der Waals surface area contributed by atoms with Gasteiger partial charge >= 0.3 is 0 Å². The van der Waals surface area contributed by atoms with Crippen LogP contribution >= 0.6 is 0 Å². The van der Waals surface area contributed by atoms with Crippen LogP contribution in [0.1, 0.15) is 25.0 Å². The summed E-state index contributed by atoms with van der Waals surface area (Å²) in [5.41, 5.74) is 0.976. The summed E-state index contributed by atoms with van der Waals surface area (Å²) in [6.45, 7) is 2.06. The first-order chi connectivity index (χ1) is 6.29. The average Bonchev–Trinajstić information content (AvgIpc) is 2.21. The summed E-state index contributed by atoms with van der Waals surface area (Å²) in [6.07, 6.45) is 0.517. The molecule has 2 heteroatoms. The van der Waals surface area contributed by atoms with Crippen molar-refractivity contribution < 1.29 is 5.11 Å². The van der Waals surface area contributed by atoms with Gasteiger partial charge in [0.05, 0.1) is 6.10 Å². The van der Waals surface area contributed by atoms with E-state index in [-0.39, 0.29) is 6.04 Å². The van der Waals surface area contributed by atoms with Crippen molar-refractivity contribution in [1.29, 1.82) is 0 Å². The van der Waals surface area contributed by atoms with Crippen molar-refractivity contribution in [2.45, 2.75) is 25.5 Å². The Bertz CT molecular complexity index is 231. The zero-order chi connectivity index (χ0) is 9.68. The second-order valence-corrected chi connectivity index (χ2v) is 3.16. The molecular weight excluding hydrogens is 162 g/mol. The number of likely N-dealkylation sites (N-methyl/N-ethyl adjacent to an activating group) is 1. The Hall–Kier alpha value is -0.860. The zero-order valence-electron chi connectivity index (χ0n) is 8.20. The van der Waals surface area contributed by atoms with E-state index < -0.39 is 6.10 Å². The van der Waals surface area contributed by atoms with E-state index in [1.54, 1.807) is 0 Å². The molecule has 1 aromatic carbocycles. The molecule has 0 aliphatic heterocycles. The normalized spacial score (nSPS) is 15.3. The second kappa shape index (κ2) is 5.00. The molecule has 0 aliphatic carbocycles. The Labute approximate surface area is 79.6 Å². The smallest absolute Gasteiger partial charge is 0.0942 e. The van der Waals surface area contributed by atoms with Gasteiger partial charge in [-0.15, -0.1) is 0 Å². The summed E-state index contributed by atoms with van der Waals surface area (Å²) < 4.78 is 0. The van der Waals surface area contributed by atoms with Gasteiger partial charge in [-0.25, -0.2) is 0 Å². The number of benzene rings is 1. The average molecular weight is 179 g/mol. The summed E-state index contributed by atoms with van der Waals surface area (Å²) in [7, 11) is 1.88. The van der Waals surface area contributed by atoms with Gasteiger partial charge in [-0.05, 0) is 19.0 Å². The van der Waals surface area contributed by atoms with E-state index in [4.69, 9.17) is 0 Å². The van der Waals surface area contributed by atoms with Crippen molar-refractivity contribution in [2.75, 3.05) is 7.05 Å². The minimum Gasteiger partial charge on any atom is -0.387 e. The molecule has 0 fully saturated rings. The van der Waals surface area contributed by atoms with Crippen LogP contribution in [0.15, 0.2) is 30.3 Å². The minimum absolute atomic E-state index is 0.141. The molecule has 0 spiro atoms. The highest BCUT2D eigenvalue weighted by molar-refractivity contribution is 5.18. The molecule has 13 heavy (non-hydrogen) atoms. The van der Waals surface area contributed by atoms with Crippen LogP contribution in [-0.2, 0) is 0 Å². The highest BCUT2D eigenvalue weighted by atomic mass is 16.3. The molecular formula is C11H17NO. The summed E-state index contributed by atoms with van der Waals surface area (Å²) in [5, 5.41) is 13.0. The van der Waals surface area contributed by atoms with E-state index in [1.807, 2.05) is 37.4 Å². The number of hydrogen-bond donors (Lipinski definition) is 2. The van der Waals surface area contributed by atoms with E-state index in [0.717, 1.165) is 12.0 Å². The molecule has 0 aromatic heterocycles. The van der Waals surface area contributed by atoms with Crippen LogP contribution in [0.3, 0.4) is 0 Å². The van der Waals surface area contributed by atoms with Gasteiger partial charge in [0.1, 0.15) is 0 Å². The van der Waals surface area contributed by atoms with Crippen molar-refractivity contribution in [3.8, 4) is 0 Å². The lowest BCUT2D eigenvalue weighted by atomic mass is 10.0. The van der Waals surface area contributed by atoms with E-state index in [1.165, 1.54) is 0 Å². The first-order valence-electron chi connectivity index (χ1n) is 4.69. The van der Waals surface area contributed by atoms with Gasteiger partial charge in [-0.1, -0.05) is 37.3 Å². The fourth-order valence-electron chi connectivity index (χ4n) is 1.47. The Morgan fingerprint density at radius 1 is 1.31 bits per heavy atom. The van der Waals surface area contributed by atoms with Crippen molar-refractivity contribution in [2.24, 2.45) is 0 Å². The van der Waals surface area contributed by atoms with Crippen LogP contribution in [0.25, 0.3) is 0 Å². The fourth-order valence-corrected chi connectivity index (χ4v) is 1.47. The predicted molar refractivity (Wildman–Crippen MR) is 54.5 cm³/mol. The molecule has 1 rings (SSSR count). The molecule has 2 atom stereocenters. The monoisotopic (exact) mass is 179 g/mol. The van der Waals surface area contributed by atoms with Gasteiger partial charge in [-0.2, -0.15) is 0 Å². The van der Waals surface area contributed by atoms with E-state index >= 15 is 0 Å². The van der Waals surface area contributed by atoms with Crippen LogP contribution in [0.2, 0.25) is 0 Å². The molecule has 0 saturated heterocycles. The largest absolute Gasteiger partial charge is 0.387 e. The van der Waals surface area contributed by atoms with Gasteiger partial charge in [0.25, 0.3) is 0 Å². The highest BCUT2D eigenvalue weighted by Gasteiger charge is 2.16. The number of aliphatic hydroxyl groups is 1. The maximum absolute atomic E-state index is 9.92. The van der Waals surface area contributed by atoms with Gasteiger partial charge in [0.2, 0.25) is 0 Å². The van der Waals surface area contributed by atoms with Gasteiger partial charge in [-0.3, -0.25) is 0 Å². The van der Waals surface area contributed by atoms with Crippen LogP contribution < -0.4 is 5.32 Å². The molecule has 1 aromatic rings. The lowest BCUT2D eigenvalue weighted by molar-refractivity contribution is 0.130. The molecule has 0 aliphatic rings. The Morgan fingerprint density at radius 3 is 2.38 bits per heavy atom. The SMILES string of the molecule is CCC(NC)C(O)c1ccccc1. The second-order valence-electron chi connectivity index (χ2n) is 3.16. The number of nitrogens with one attached hydrogen (secondary N) is 1. The standard InChI is InChI=1S/C11H17NO/c1-3-10(12-2)11(13)9-7-5-4-6-8-9/h4-8,10-13H,3H2,1-2H3. The molecule has 2 unspecified atom stereocenters. The van der Waals surface area contributed by atoms with Crippen molar-refractivity contribution in [3.05, 3.63) is 35.9 Å². The Kier molecular flexibility index (Phi) is 3.93. The van der Waals surface area contributed by atoms with Crippen molar-refractivity contribution in [1.82, 2.24) is 5.32 Å². The van der Waals surface area contributed by atoms with Crippen LogP contribution in [0, 0.1) is 0 Å². The Morgan fingerprint density at radius 2 is 1.92 bits per heavy atom. The molecule has 0 saturated carbocycles.